The van der Waals surface area contributed by atoms with Crippen molar-refractivity contribution in [2.45, 2.75) is 51.6 Å². The summed E-state index contributed by atoms with van der Waals surface area (Å²) in [7, 11) is 2.28. The minimum atomic E-state index is 1.11. The molecule has 0 aliphatic carbocycles. The predicted molar refractivity (Wildman–Crippen MR) is 100 cm³/mol. The molecule has 1 aromatic heterocycles. The topological polar surface area (TPSA) is 9.72 Å². The van der Waals surface area contributed by atoms with Gasteiger partial charge in [-0.05, 0) is 75.9 Å². The fourth-order valence-electron chi connectivity index (χ4n) is 3.81. The first-order valence-electron chi connectivity index (χ1n) is 9.49. The summed E-state index contributed by atoms with van der Waals surface area (Å²) >= 11 is 1.94. The minimum Gasteiger partial charge on any atom is -0.302 e. The van der Waals surface area contributed by atoms with Crippen molar-refractivity contribution in [1.82, 2.24) is 14.7 Å². The van der Waals surface area contributed by atoms with Crippen LogP contribution in [0.2, 0.25) is 0 Å². The Bertz CT molecular complexity index is 445. The Morgan fingerprint density at radius 3 is 2.35 bits per heavy atom. The molecule has 130 valence electrons. The second-order valence-electron chi connectivity index (χ2n) is 7.40. The third-order valence-electron chi connectivity index (χ3n) is 5.24. The standard InChI is InChI=1S/C19H33N3S/c1-20(12-13-21-8-4-2-3-5-9-21)16-19-14-18(17-23-19)15-22-10-6-7-11-22/h14,17H,2-13,15-16H2,1H3. The molecule has 0 unspecified atom stereocenters. The van der Waals surface area contributed by atoms with Gasteiger partial charge in [0, 0.05) is 31.1 Å². The second-order valence-corrected chi connectivity index (χ2v) is 8.39. The Morgan fingerprint density at radius 2 is 1.61 bits per heavy atom. The zero-order valence-electron chi connectivity index (χ0n) is 14.8. The fourth-order valence-corrected chi connectivity index (χ4v) is 4.77. The van der Waals surface area contributed by atoms with E-state index in [0.29, 0.717) is 0 Å². The van der Waals surface area contributed by atoms with Crippen molar-refractivity contribution in [2.75, 3.05) is 46.3 Å². The Kier molecular flexibility index (Phi) is 6.94. The lowest BCUT2D eigenvalue weighted by atomic mass is 10.2. The SMILES string of the molecule is CN(CCN1CCCCCC1)Cc1cc(CN2CCCC2)cs1. The van der Waals surface area contributed by atoms with Gasteiger partial charge in [0.25, 0.3) is 0 Å². The van der Waals surface area contributed by atoms with Crippen molar-refractivity contribution in [3.05, 3.63) is 21.9 Å². The molecule has 0 aromatic carbocycles. The second kappa shape index (κ2) is 9.16. The van der Waals surface area contributed by atoms with Crippen LogP contribution >= 0.6 is 11.3 Å². The van der Waals surface area contributed by atoms with Gasteiger partial charge in [0.2, 0.25) is 0 Å². The van der Waals surface area contributed by atoms with Crippen LogP contribution in [0, 0.1) is 0 Å². The van der Waals surface area contributed by atoms with E-state index in [2.05, 4.69) is 33.2 Å². The molecular formula is C19H33N3S. The molecule has 0 atom stereocenters. The van der Waals surface area contributed by atoms with Gasteiger partial charge < -0.3 is 9.80 Å². The zero-order chi connectivity index (χ0) is 15.9. The molecule has 0 bridgehead atoms. The van der Waals surface area contributed by atoms with E-state index in [1.807, 2.05) is 11.3 Å². The van der Waals surface area contributed by atoms with Crippen molar-refractivity contribution in [1.29, 1.82) is 0 Å². The van der Waals surface area contributed by atoms with Gasteiger partial charge in [0.1, 0.15) is 0 Å². The van der Waals surface area contributed by atoms with Crippen LogP contribution in [0.4, 0.5) is 0 Å². The van der Waals surface area contributed by atoms with Crippen LogP contribution in [0.3, 0.4) is 0 Å². The van der Waals surface area contributed by atoms with Gasteiger partial charge in [0.15, 0.2) is 0 Å². The van der Waals surface area contributed by atoms with Crippen LogP contribution in [-0.4, -0.2) is 61.0 Å². The summed E-state index contributed by atoms with van der Waals surface area (Å²) in [5.41, 5.74) is 1.52. The highest BCUT2D eigenvalue weighted by Crippen LogP contribution is 2.20. The molecule has 2 fully saturated rings. The third kappa shape index (κ3) is 5.86. The monoisotopic (exact) mass is 335 g/mol. The highest BCUT2D eigenvalue weighted by atomic mass is 32.1. The lowest BCUT2D eigenvalue weighted by Gasteiger charge is -2.23. The maximum atomic E-state index is 2.66. The van der Waals surface area contributed by atoms with Crippen LogP contribution in [0.15, 0.2) is 11.4 Å². The maximum absolute atomic E-state index is 2.66. The third-order valence-corrected chi connectivity index (χ3v) is 6.21. The van der Waals surface area contributed by atoms with Gasteiger partial charge in [-0.25, -0.2) is 0 Å². The maximum Gasteiger partial charge on any atom is 0.0325 e. The summed E-state index contributed by atoms with van der Waals surface area (Å²) < 4.78 is 0. The van der Waals surface area contributed by atoms with Gasteiger partial charge in [-0.2, -0.15) is 0 Å². The number of likely N-dealkylation sites (N-methyl/N-ethyl adjacent to an activating group) is 1. The van der Waals surface area contributed by atoms with Crippen LogP contribution in [0.5, 0.6) is 0 Å². The van der Waals surface area contributed by atoms with Crippen molar-refractivity contribution < 1.29 is 0 Å². The van der Waals surface area contributed by atoms with E-state index >= 15 is 0 Å². The van der Waals surface area contributed by atoms with E-state index in [0.717, 1.165) is 13.1 Å². The summed E-state index contributed by atoms with van der Waals surface area (Å²) in [6, 6.07) is 2.44. The molecule has 23 heavy (non-hydrogen) atoms. The molecule has 3 rings (SSSR count). The largest absolute Gasteiger partial charge is 0.302 e. The average Bonchev–Trinajstić information content (AvgIpc) is 3.13. The van der Waals surface area contributed by atoms with Gasteiger partial charge in [-0.15, -0.1) is 11.3 Å². The Labute approximate surface area is 146 Å². The quantitative estimate of drug-likeness (QED) is 0.753. The predicted octanol–water partition coefficient (Wildman–Crippen LogP) is 3.65. The number of thiophene rings is 1. The molecule has 1 aromatic rings. The van der Waals surface area contributed by atoms with Gasteiger partial charge in [-0.3, -0.25) is 4.90 Å². The van der Waals surface area contributed by atoms with Crippen LogP contribution < -0.4 is 0 Å². The molecule has 0 N–H and O–H groups in total. The molecule has 0 amide bonds. The lowest BCUT2D eigenvalue weighted by Crippen LogP contribution is -2.33. The number of nitrogens with zero attached hydrogens (tertiary/aromatic N) is 3. The highest BCUT2D eigenvalue weighted by Gasteiger charge is 2.13. The number of hydrogen-bond donors (Lipinski definition) is 0. The highest BCUT2D eigenvalue weighted by molar-refractivity contribution is 7.10. The molecule has 2 aliphatic heterocycles. The number of likely N-dealkylation sites (tertiary alicyclic amines) is 2. The molecule has 0 radical (unpaired) electrons. The summed E-state index contributed by atoms with van der Waals surface area (Å²) in [6.07, 6.45) is 8.43. The molecule has 3 heterocycles. The lowest BCUT2D eigenvalue weighted by molar-refractivity contribution is 0.228. The van der Waals surface area contributed by atoms with E-state index in [4.69, 9.17) is 0 Å². The van der Waals surface area contributed by atoms with Crippen molar-refractivity contribution in [3.63, 3.8) is 0 Å². The zero-order valence-corrected chi connectivity index (χ0v) is 15.6. The van der Waals surface area contributed by atoms with Gasteiger partial charge in [-0.1, -0.05) is 12.8 Å². The molecule has 4 heteroatoms. The molecule has 2 aliphatic rings. The van der Waals surface area contributed by atoms with Crippen LogP contribution in [0.1, 0.15) is 49.0 Å². The first kappa shape index (κ1) is 17.4. The van der Waals surface area contributed by atoms with E-state index in [1.54, 1.807) is 0 Å². The normalized spacial score (nSPS) is 21.1. The van der Waals surface area contributed by atoms with E-state index in [9.17, 15) is 0 Å². The Balaban J connectivity index is 1.38. The van der Waals surface area contributed by atoms with Crippen molar-refractivity contribution in [2.24, 2.45) is 0 Å². The summed E-state index contributed by atoms with van der Waals surface area (Å²) in [5.74, 6) is 0. The first-order valence-corrected chi connectivity index (χ1v) is 10.4. The molecule has 2 saturated heterocycles. The van der Waals surface area contributed by atoms with E-state index in [-0.39, 0.29) is 0 Å². The number of rotatable bonds is 7. The molecule has 0 spiro atoms. The molecule has 3 nitrogen and oxygen atoms in total. The Morgan fingerprint density at radius 1 is 0.957 bits per heavy atom. The summed E-state index contributed by atoms with van der Waals surface area (Å²) in [6.45, 7) is 9.91. The van der Waals surface area contributed by atoms with E-state index < -0.39 is 0 Å². The number of hydrogen-bond acceptors (Lipinski definition) is 4. The summed E-state index contributed by atoms with van der Waals surface area (Å²) in [4.78, 5) is 9.28. The van der Waals surface area contributed by atoms with Crippen molar-refractivity contribution in [3.8, 4) is 0 Å². The van der Waals surface area contributed by atoms with Gasteiger partial charge in [0.05, 0.1) is 0 Å². The smallest absolute Gasteiger partial charge is 0.0325 e. The van der Waals surface area contributed by atoms with Crippen LogP contribution in [0.25, 0.3) is 0 Å². The minimum absolute atomic E-state index is 1.11. The van der Waals surface area contributed by atoms with Crippen LogP contribution in [-0.2, 0) is 13.1 Å². The van der Waals surface area contributed by atoms with Crippen molar-refractivity contribution >= 4 is 11.3 Å². The summed E-state index contributed by atoms with van der Waals surface area (Å²) in [5, 5.41) is 2.37. The Hall–Kier alpha value is -0.420. The molecule has 0 saturated carbocycles. The fraction of sp³-hybridized carbons (Fsp3) is 0.789. The van der Waals surface area contributed by atoms with Gasteiger partial charge >= 0.3 is 0 Å². The average molecular weight is 336 g/mol. The first-order chi connectivity index (χ1) is 11.3. The van der Waals surface area contributed by atoms with E-state index in [1.165, 1.54) is 88.2 Å². The molecular weight excluding hydrogens is 302 g/mol.